The number of nitrogens with zero attached hydrogens (tertiary/aromatic N) is 2. The molecule has 0 N–H and O–H groups in total. The first-order valence-electron chi connectivity index (χ1n) is 6.04. The summed E-state index contributed by atoms with van der Waals surface area (Å²) in [4.78, 5) is 23.7. The van der Waals surface area contributed by atoms with Crippen LogP contribution in [0, 0.1) is 0 Å². The molecule has 0 saturated heterocycles. The Balaban J connectivity index is 1.83. The fraction of sp³-hybridized carbons (Fsp3) is 0.0714. The zero-order chi connectivity index (χ0) is 14.8. The number of aromatic nitrogens is 2. The highest BCUT2D eigenvalue weighted by Gasteiger charge is 2.15. The number of halogens is 1. The van der Waals surface area contributed by atoms with Gasteiger partial charge in [0.2, 0.25) is 0 Å². The van der Waals surface area contributed by atoms with Gasteiger partial charge in [-0.1, -0.05) is 11.6 Å². The van der Waals surface area contributed by atoms with Crippen molar-refractivity contribution in [3.63, 3.8) is 0 Å². The number of carbonyl (C=O) groups excluding carboxylic acids is 1. The SMILES string of the molecule is O=C(Cn1nc(-c2ccco2)oc1=O)c1ccc(Cl)cc1. The second kappa shape index (κ2) is 5.41. The lowest BCUT2D eigenvalue weighted by Crippen LogP contribution is -2.21. The number of hydrogen-bond donors (Lipinski definition) is 0. The molecule has 0 unspecified atom stereocenters. The van der Waals surface area contributed by atoms with E-state index in [1.165, 1.54) is 6.26 Å². The fourth-order valence-corrected chi connectivity index (χ4v) is 1.90. The van der Waals surface area contributed by atoms with Gasteiger partial charge in [0.05, 0.1) is 6.26 Å². The third kappa shape index (κ3) is 2.80. The molecule has 0 saturated carbocycles. The summed E-state index contributed by atoms with van der Waals surface area (Å²) in [5.74, 6) is -0.629. The zero-order valence-corrected chi connectivity index (χ0v) is 11.4. The monoisotopic (exact) mass is 304 g/mol. The Morgan fingerprint density at radius 1 is 1.24 bits per heavy atom. The largest absolute Gasteiger partial charge is 0.459 e. The van der Waals surface area contributed by atoms with Crippen molar-refractivity contribution < 1.29 is 13.6 Å². The molecule has 0 radical (unpaired) electrons. The van der Waals surface area contributed by atoms with Crippen molar-refractivity contribution in [2.75, 3.05) is 0 Å². The van der Waals surface area contributed by atoms with Crippen molar-refractivity contribution in [1.82, 2.24) is 9.78 Å². The highest BCUT2D eigenvalue weighted by atomic mass is 35.5. The Morgan fingerprint density at radius 2 is 2.00 bits per heavy atom. The molecular weight excluding hydrogens is 296 g/mol. The third-order valence-electron chi connectivity index (χ3n) is 2.80. The van der Waals surface area contributed by atoms with Gasteiger partial charge in [0, 0.05) is 10.6 Å². The number of ketones is 1. The molecule has 0 atom stereocenters. The van der Waals surface area contributed by atoms with Crippen LogP contribution in [0.2, 0.25) is 5.02 Å². The molecular formula is C14H9ClN2O4. The molecule has 0 aliphatic rings. The van der Waals surface area contributed by atoms with E-state index in [0.717, 1.165) is 4.68 Å². The molecule has 6 nitrogen and oxygen atoms in total. The van der Waals surface area contributed by atoms with E-state index in [2.05, 4.69) is 5.10 Å². The van der Waals surface area contributed by atoms with Crippen molar-refractivity contribution >= 4 is 17.4 Å². The van der Waals surface area contributed by atoms with Gasteiger partial charge in [0.1, 0.15) is 6.54 Å². The number of benzene rings is 1. The second-order valence-electron chi connectivity index (χ2n) is 4.24. The summed E-state index contributed by atoms with van der Waals surface area (Å²) < 4.78 is 11.0. The minimum Gasteiger partial charge on any atom is -0.459 e. The van der Waals surface area contributed by atoms with Crippen molar-refractivity contribution in [2.24, 2.45) is 0 Å². The van der Waals surface area contributed by atoms with E-state index in [4.69, 9.17) is 20.4 Å². The molecule has 106 valence electrons. The van der Waals surface area contributed by atoms with Gasteiger partial charge in [0.15, 0.2) is 11.5 Å². The maximum atomic E-state index is 12.1. The van der Waals surface area contributed by atoms with Crippen LogP contribution in [-0.4, -0.2) is 15.6 Å². The van der Waals surface area contributed by atoms with Gasteiger partial charge in [-0.15, -0.1) is 5.10 Å². The predicted molar refractivity (Wildman–Crippen MR) is 74.2 cm³/mol. The molecule has 7 heteroatoms. The van der Waals surface area contributed by atoms with E-state index >= 15 is 0 Å². The Labute approximate surface area is 123 Å². The molecule has 3 rings (SSSR count). The minimum absolute atomic E-state index is 0.0360. The number of hydrogen-bond acceptors (Lipinski definition) is 5. The Hall–Kier alpha value is -2.60. The van der Waals surface area contributed by atoms with E-state index in [1.54, 1.807) is 36.4 Å². The zero-order valence-electron chi connectivity index (χ0n) is 10.7. The molecule has 2 aromatic heterocycles. The van der Waals surface area contributed by atoms with E-state index < -0.39 is 5.76 Å². The third-order valence-corrected chi connectivity index (χ3v) is 3.05. The normalized spacial score (nSPS) is 10.7. The van der Waals surface area contributed by atoms with Crippen molar-refractivity contribution in [2.45, 2.75) is 6.54 Å². The Kier molecular flexibility index (Phi) is 3.45. The fourth-order valence-electron chi connectivity index (χ4n) is 1.77. The van der Waals surface area contributed by atoms with Crippen molar-refractivity contribution in [3.8, 4) is 11.7 Å². The van der Waals surface area contributed by atoms with Crippen LogP contribution in [0.5, 0.6) is 0 Å². The molecule has 0 amide bonds. The lowest BCUT2D eigenvalue weighted by molar-refractivity contribution is 0.0965. The first kappa shape index (κ1) is 13.4. The molecule has 1 aromatic carbocycles. The van der Waals surface area contributed by atoms with Crippen LogP contribution in [0.15, 0.2) is 56.3 Å². The topological polar surface area (TPSA) is 78.2 Å². The standard InChI is InChI=1S/C14H9ClN2O4/c15-10-5-3-9(4-6-10)11(18)8-17-14(19)21-13(16-17)12-2-1-7-20-12/h1-7H,8H2. The van der Waals surface area contributed by atoms with Crippen molar-refractivity contribution in [3.05, 3.63) is 63.8 Å². The number of rotatable bonds is 4. The summed E-state index contributed by atoms with van der Waals surface area (Å²) in [6.07, 6.45) is 1.44. The minimum atomic E-state index is -0.719. The smallest absolute Gasteiger partial charge is 0.437 e. The van der Waals surface area contributed by atoms with Crippen LogP contribution in [0.25, 0.3) is 11.7 Å². The van der Waals surface area contributed by atoms with E-state index in [0.29, 0.717) is 16.3 Å². The van der Waals surface area contributed by atoms with Crippen LogP contribution in [-0.2, 0) is 6.54 Å². The van der Waals surface area contributed by atoms with Gasteiger partial charge in [-0.05, 0) is 36.4 Å². The highest BCUT2D eigenvalue weighted by molar-refractivity contribution is 6.30. The first-order chi connectivity index (χ1) is 10.1. The van der Waals surface area contributed by atoms with Crippen LogP contribution in [0.3, 0.4) is 0 Å². The number of carbonyl (C=O) groups is 1. The summed E-state index contributed by atoms with van der Waals surface area (Å²) in [6.45, 7) is -0.218. The second-order valence-corrected chi connectivity index (χ2v) is 4.67. The quantitative estimate of drug-likeness (QED) is 0.692. The maximum Gasteiger partial charge on any atom is 0.437 e. The van der Waals surface area contributed by atoms with Gasteiger partial charge in [-0.2, -0.15) is 4.68 Å². The summed E-state index contributed by atoms with van der Waals surface area (Å²) in [6, 6.07) is 9.64. The molecule has 3 aromatic rings. The molecule has 0 aliphatic carbocycles. The summed E-state index contributed by atoms with van der Waals surface area (Å²) >= 11 is 5.76. The summed E-state index contributed by atoms with van der Waals surface area (Å²) in [5.41, 5.74) is 0.439. The number of furan rings is 1. The Morgan fingerprint density at radius 3 is 2.67 bits per heavy atom. The van der Waals surface area contributed by atoms with Crippen LogP contribution < -0.4 is 5.76 Å². The van der Waals surface area contributed by atoms with Crippen molar-refractivity contribution in [1.29, 1.82) is 0 Å². The Bertz CT molecular complexity index is 816. The van der Waals surface area contributed by atoms with Gasteiger partial charge in [-0.3, -0.25) is 4.79 Å². The van der Waals surface area contributed by atoms with E-state index in [9.17, 15) is 9.59 Å². The van der Waals surface area contributed by atoms with Crippen LogP contribution in [0.1, 0.15) is 10.4 Å². The summed E-state index contributed by atoms with van der Waals surface area (Å²) in [5, 5.41) is 4.46. The van der Waals surface area contributed by atoms with Gasteiger partial charge < -0.3 is 8.83 Å². The molecule has 21 heavy (non-hydrogen) atoms. The maximum absolute atomic E-state index is 12.1. The first-order valence-corrected chi connectivity index (χ1v) is 6.42. The predicted octanol–water partition coefficient (Wildman–Crippen LogP) is 2.63. The summed E-state index contributed by atoms with van der Waals surface area (Å²) in [7, 11) is 0. The van der Waals surface area contributed by atoms with Gasteiger partial charge >= 0.3 is 5.76 Å². The van der Waals surface area contributed by atoms with E-state index in [1.807, 2.05) is 0 Å². The molecule has 2 heterocycles. The molecule has 0 spiro atoms. The lowest BCUT2D eigenvalue weighted by Gasteiger charge is -1.99. The average Bonchev–Trinajstić information content (AvgIpc) is 3.10. The van der Waals surface area contributed by atoms with Crippen LogP contribution >= 0.6 is 11.6 Å². The molecule has 0 bridgehead atoms. The average molecular weight is 305 g/mol. The highest BCUT2D eigenvalue weighted by Crippen LogP contribution is 2.15. The van der Waals surface area contributed by atoms with Gasteiger partial charge in [0.25, 0.3) is 5.89 Å². The van der Waals surface area contributed by atoms with E-state index in [-0.39, 0.29) is 18.2 Å². The lowest BCUT2D eigenvalue weighted by atomic mass is 10.1. The molecule has 0 fully saturated rings. The van der Waals surface area contributed by atoms with Crippen LogP contribution in [0.4, 0.5) is 0 Å². The number of Topliss-reactive ketones (excluding diaryl/α,β-unsaturated/α-hetero) is 1. The van der Waals surface area contributed by atoms with Gasteiger partial charge in [-0.25, -0.2) is 4.79 Å². The molecule has 0 aliphatic heterocycles.